The monoisotopic (exact) mass is 344 g/mol. The van der Waals surface area contributed by atoms with Crippen molar-refractivity contribution in [1.29, 1.82) is 0 Å². The Hall–Kier alpha value is -1.75. The van der Waals surface area contributed by atoms with Gasteiger partial charge in [-0.15, -0.1) is 0 Å². The molecule has 0 amide bonds. The third-order valence-corrected chi connectivity index (χ3v) is 5.79. The van der Waals surface area contributed by atoms with Crippen molar-refractivity contribution >= 4 is 11.5 Å². The summed E-state index contributed by atoms with van der Waals surface area (Å²) in [5.74, 6) is 0.0137. The third-order valence-electron chi connectivity index (χ3n) is 5.79. The van der Waals surface area contributed by atoms with E-state index in [2.05, 4.69) is 4.90 Å². The largest absolute Gasteiger partial charge is 0.293 e. The van der Waals surface area contributed by atoms with E-state index in [1.54, 1.807) is 12.1 Å². The number of non-ortho nitro benzene ring substituents is 1. The fourth-order valence-electron chi connectivity index (χ4n) is 4.43. The van der Waals surface area contributed by atoms with Crippen molar-refractivity contribution in [3.63, 3.8) is 0 Å². The van der Waals surface area contributed by atoms with Crippen LogP contribution in [-0.4, -0.2) is 34.2 Å². The van der Waals surface area contributed by atoms with E-state index in [9.17, 15) is 14.9 Å². The molecule has 0 atom stereocenters. The number of hydrogen-bond acceptors (Lipinski definition) is 4. The minimum absolute atomic E-state index is 0.00673. The molecule has 5 heteroatoms. The third kappa shape index (κ3) is 4.66. The highest BCUT2D eigenvalue weighted by Crippen LogP contribution is 2.30. The Bertz CT molecular complexity index is 587. The maximum absolute atomic E-state index is 12.9. The van der Waals surface area contributed by atoms with Gasteiger partial charge in [-0.2, -0.15) is 0 Å². The molecule has 5 nitrogen and oxygen atoms in total. The summed E-state index contributed by atoms with van der Waals surface area (Å²) in [6.45, 7) is 0.399. The molecule has 0 N–H and O–H groups in total. The van der Waals surface area contributed by atoms with E-state index < -0.39 is 4.92 Å². The van der Waals surface area contributed by atoms with Crippen LogP contribution >= 0.6 is 0 Å². The summed E-state index contributed by atoms with van der Waals surface area (Å²) in [5.41, 5.74) is 0.457. The number of carbonyl (C=O) groups is 1. The van der Waals surface area contributed by atoms with Gasteiger partial charge in [-0.3, -0.25) is 19.8 Å². The Kier molecular flexibility index (Phi) is 6.19. The van der Waals surface area contributed by atoms with E-state index in [-0.39, 0.29) is 11.5 Å². The molecule has 3 rings (SSSR count). The molecule has 2 saturated carbocycles. The molecule has 0 aliphatic heterocycles. The minimum Gasteiger partial charge on any atom is -0.293 e. The van der Waals surface area contributed by atoms with Crippen LogP contribution in [0.25, 0.3) is 0 Å². The Labute approximate surface area is 149 Å². The normalized spacial score (nSPS) is 19.9. The van der Waals surface area contributed by atoms with Gasteiger partial charge in [0.25, 0.3) is 5.69 Å². The first kappa shape index (κ1) is 18.1. The molecule has 0 radical (unpaired) electrons. The van der Waals surface area contributed by atoms with Gasteiger partial charge in [0.1, 0.15) is 0 Å². The summed E-state index contributed by atoms with van der Waals surface area (Å²) in [7, 11) is 0. The maximum Gasteiger partial charge on any atom is 0.270 e. The van der Waals surface area contributed by atoms with E-state index in [0.29, 0.717) is 24.2 Å². The first-order chi connectivity index (χ1) is 12.1. The number of hydrogen-bond donors (Lipinski definition) is 0. The molecule has 2 aliphatic carbocycles. The van der Waals surface area contributed by atoms with Gasteiger partial charge in [0, 0.05) is 29.8 Å². The standard InChI is InChI=1S/C20H28N2O3/c23-20(16-8-7-13-19(14-16)22(24)25)15-21(17-9-3-1-4-10-17)18-11-5-2-6-12-18/h7-8,13-14,17-18H,1-6,9-12,15H2. The van der Waals surface area contributed by atoms with Gasteiger partial charge in [-0.25, -0.2) is 0 Å². The van der Waals surface area contributed by atoms with Crippen LogP contribution in [0.1, 0.15) is 74.6 Å². The highest BCUT2D eigenvalue weighted by molar-refractivity contribution is 5.98. The highest BCUT2D eigenvalue weighted by atomic mass is 16.6. The molecule has 2 fully saturated rings. The molecule has 1 aromatic carbocycles. The van der Waals surface area contributed by atoms with Crippen molar-refractivity contribution in [2.45, 2.75) is 76.3 Å². The van der Waals surface area contributed by atoms with Gasteiger partial charge in [-0.05, 0) is 25.7 Å². The first-order valence-corrected chi connectivity index (χ1v) is 9.68. The van der Waals surface area contributed by atoms with Gasteiger partial charge in [0.05, 0.1) is 11.5 Å². The van der Waals surface area contributed by atoms with E-state index in [1.807, 2.05) is 0 Å². The van der Waals surface area contributed by atoms with Crippen molar-refractivity contribution < 1.29 is 9.72 Å². The van der Waals surface area contributed by atoms with Crippen molar-refractivity contribution in [3.05, 3.63) is 39.9 Å². The second kappa shape index (κ2) is 8.56. The predicted octanol–water partition coefficient (Wildman–Crippen LogP) is 4.74. The van der Waals surface area contributed by atoms with E-state index in [4.69, 9.17) is 0 Å². The number of Topliss-reactive ketones (excluding diaryl/α,β-unsaturated/α-hetero) is 1. The van der Waals surface area contributed by atoms with Crippen LogP contribution < -0.4 is 0 Å². The van der Waals surface area contributed by atoms with Crippen LogP contribution in [0.15, 0.2) is 24.3 Å². The Morgan fingerprint density at radius 3 is 2.08 bits per heavy atom. The summed E-state index contributed by atoms with van der Waals surface area (Å²) in [4.78, 5) is 25.8. The minimum atomic E-state index is -0.434. The van der Waals surface area contributed by atoms with Crippen LogP contribution in [0.3, 0.4) is 0 Å². The summed E-state index contributed by atoms with van der Waals surface area (Å²) in [6.07, 6.45) is 12.3. The van der Waals surface area contributed by atoms with Gasteiger partial charge < -0.3 is 0 Å². The summed E-state index contributed by atoms with van der Waals surface area (Å²) in [6, 6.07) is 7.17. The first-order valence-electron chi connectivity index (χ1n) is 9.68. The maximum atomic E-state index is 12.9. The van der Waals surface area contributed by atoms with Crippen LogP contribution in [0.4, 0.5) is 5.69 Å². The van der Waals surface area contributed by atoms with E-state index in [1.165, 1.54) is 76.3 Å². The van der Waals surface area contributed by atoms with Gasteiger partial charge in [-0.1, -0.05) is 50.7 Å². The molecule has 0 bridgehead atoms. The summed E-state index contributed by atoms with van der Waals surface area (Å²) in [5, 5.41) is 11.0. The smallest absolute Gasteiger partial charge is 0.270 e. The lowest BCUT2D eigenvalue weighted by Gasteiger charge is -2.41. The lowest BCUT2D eigenvalue weighted by molar-refractivity contribution is -0.384. The summed E-state index contributed by atoms with van der Waals surface area (Å²) < 4.78 is 0. The zero-order valence-electron chi connectivity index (χ0n) is 14.9. The molecule has 136 valence electrons. The molecule has 0 saturated heterocycles. The fourth-order valence-corrected chi connectivity index (χ4v) is 4.43. The van der Waals surface area contributed by atoms with Gasteiger partial charge in [0.15, 0.2) is 5.78 Å². The zero-order valence-corrected chi connectivity index (χ0v) is 14.9. The van der Waals surface area contributed by atoms with E-state index in [0.717, 1.165) is 0 Å². The molecule has 2 aliphatic rings. The number of carbonyl (C=O) groups excluding carboxylic acids is 1. The quantitative estimate of drug-likeness (QED) is 0.424. The SMILES string of the molecule is O=C(CN(C1CCCCC1)C1CCCCC1)c1cccc([N+](=O)[O-])c1. The number of nitrogens with zero attached hydrogens (tertiary/aromatic N) is 2. The number of nitro groups is 1. The van der Waals surface area contributed by atoms with Crippen LogP contribution in [0, 0.1) is 10.1 Å². The van der Waals surface area contributed by atoms with Crippen molar-refractivity contribution in [1.82, 2.24) is 4.90 Å². The average Bonchev–Trinajstić information content (AvgIpc) is 2.67. The number of rotatable bonds is 6. The molecule has 0 unspecified atom stereocenters. The second-order valence-corrected chi connectivity index (χ2v) is 7.49. The highest BCUT2D eigenvalue weighted by Gasteiger charge is 2.30. The van der Waals surface area contributed by atoms with Crippen LogP contribution in [0.2, 0.25) is 0 Å². The van der Waals surface area contributed by atoms with Crippen molar-refractivity contribution in [2.24, 2.45) is 0 Å². The van der Waals surface area contributed by atoms with E-state index >= 15 is 0 Å². The topological polar surface area (TPSA) is 63.5 Å². The zero-order chi connectivity index (χ0) is 17.6. The molecule has 0 aromatic heterocycles. The molecule has 0 spiro atoms. The molecule has 0 heterocycles. The molecular formula is C20H28N2O3. The number of benzene rings is 1. The van der Waals surface area contributed by atoms with Crippen molar-refractivity contribution in [2.75, 3.05) is 6.54 Å². The van der Waals surface area contributed by atoms with Gasteiger partial charge in [0.2, 0.25) is 0 Å². The Balaban J connectivity index is 1.75. The van der Waals surface area contributed by atoms with Crippen molar-refractivity contribution in [3.8, 4) is 0 Å². The molecular weight excluding hydrogens is 316 g/mol. The molecule has 1 aromatic rings. The van der Waals surface area contributed by atoms with Crippen LogP contribution in [-0.2, 0) is 0 Å². The number of nitro benzene ring substituents is 1. The average molecular weight is 344 g/mol. The number of ketones is 1. The Morgan fingerprint density at radius 2 is 1.56 bits per heavy atom. The lowest BCUT2D eigenvalue weighted by atomic mass is 9.88. The second-order valence-electron chi connectivity index (χ2n) is 7.49. The summed E-state index contributed by atoms with van der Waals surface area (Å²) >= 11 is 0. The Morgan fingerprint density at radius 1 is 1.00 bits per heavy atom. The lowest BCUT2D eigenvalue weighted by Crippen LogP contribution is -2.47. The van der Waals surface area contributed by atoms with Crippen LogP contribution in [0.5, 0.6) is 0 Å². The predicted molar refractivity (Wildman–Crippen MR) is 97.9 cm³/mol. The fraction of sp³-hybridized carbons (Fsp3) is 0.650. The molecule has 25 heavy (non-hydrogen) atoms. The van der Waals surface area contributed by atoms with Gasteiger partial charge >= 0.3 is 0 Å².